The van der Waals surface area contributed by atoms with Crippen molar-refractivity contribution in [2.75, 3.05) is 38.5 Å². The molecular formula is C11H16N4OS. The zero-order valence-electron chi connectivity index (χ0n) is 9.63. The van der Waals surface area contributed by atoms with Gasteiger partial charge < -0.3 is 10.6 Å². The standard InChI is InChI=1S/C11H16N4OS/c1-2-3-14-4-6-15(7-5-14)10(16)9-8-17-11(12)13-9/h2,8H,1,3-7H2,(H2,12,13). The zero-order valence-corrected chi connectivity index (χ0v) is 10.4. The van der Waals surface area contributed by atoms with E-state index in [-0.39, 0.29) is 5.91 Å². The molecule has 0 spiro atoms. The average molecular weight is 252 g/mol. The van der Waals surface area contributed by atoms with Gasteiger partial charge in [-0.2, -0.15) is 0 Å². The molecule has 1 amide bonds. The molecule has 0 radical (unpaired) electrons. The van der Waals surface area contributed by atoms with Crippen molar-refractivity contribution in [3.63, 3.8) is 0 Å². The van der Waals surface area contributed by atoms with Crippen molar-refractivity contribution in [3.8, 4) is 0 Å². The van der Waals surface area contributed by atoms with Crippen LogP contribution in [0.5, 0.6) is 0 Å². The number of carbonyl (C=O) groups is 1. The van der Waals surface area contributed by atoms with Crippen LogP contribution in [0.15, 0.2) is 18.0 Å². The van der Waals surface area contributed by atoms with E-state index in [1.54, 1.807) is 5.38 Å². The monoisotopic (exact) mass is 252 g/mol. The molecule has 2 N–H and O–H groups in total. The van der Waals surface area contributed by atoms with E-state index in [2.05, 4.69) is 16.5 Å². The van der Waals surface area contributed by atoms with Crippen molar-refractivity contribution in [1.29, 1.82) is 0 Å². The smallest absolute Gasteiger partial charge is 0.273 e. The Balaban J connectivity index is 1.92. The number of aromatic nitrogens is 1. The second-order valence-electron chi connectivity index (χ2n) is 3.95. The number of nitrogens with two attached hydrogens (primary N) is 1. The minimum atomic E-state index is -0.0174. The van der Waals surface area contributed by atoms with Gasteiger partial charge in [0.15, 0.2) is 5.13 Å². The predicted molar refractivity (Wildman–Crippen MR) is 69.1 cm³/mol. The second kappa shape index (κ2) is 5.29. The fraction of sp³-hybridized carbons (Fsp3) is 0.455. The van der Waals surface area contributed by atoms with E-state index in [4.69, 9.17) is 5.73 Å². The Bertz CT molecular complexity index is 409. The van der Waals surface area contributed by atoms with Crippen LogP contribution in [0.1, 0.15) is 10.5 Å². The minimum Gasteiger partial charge on any atom is -0.375 e. The van der Waals surface area contributed by atoms with Crippen molar-refractivity contribution in [2.45, 2.75) is 0 Å². The maximum absolute atomic E-state index is 12.1. The molecule has 17 heavy (non-hydrogen) atoms. The lowest BCUT2D eigenvalue weighted by Gasteiger charge is -2.33. The molecule has 0 unspecified atom stereocenters. The van der Waals surface area contributed by atoms with Crippen molar-refractivity contribution in [2.24, 2.45) is 0 Å². The molecule has 2 heterocycles. The lowest BCUT2D eigenvalue weighted by molar-refractivity contribution is 0.0645. The summed E-state index contributed by atoms with van der Waals surface area (Å²) in [5.41, 5.74) is 5.99. The number of rotatable bonds is 3. The third-order valence-corrected chi connectivity index (χ3v) is 3.46. The highest BCUT2D eigenvalue weighted by atomic mass is 32.1. The van der Waals surface area contributed by atoms with Gasteiger partial charge >= 0.3 is 0 Å². The number of thiazole rings is 1. The van der Waals surface area contributed by atoms with Crippen LogP contribution in [0.3, 0.4) is 0 Å². The van der Waals surface area contributed by atoms with Crippen LogP contribution in [-0.4, -0.2) is 53.4 Å². The van der Waals surface area contributed by atoms with Crippen LogP contribution >= 0.6 is 11.3 Å². The van der Waals surface area contributed by atoms with Crippen molar-refractivity contribution in [3.05, 3.63) is 23.7 Å². The molecule has 0 bridgehead atoms. The van der Waals surface area contributed by atoms with Gasteiger partial charge in [0.25, 0.3) is 5.91 Å². The van der Waals surface area contributed by atoms with E-state index in [1.807, 2.05) is 11.0 Å². The van der Waals surface area contributed by atoms with Gasteiger partial charge in [-0.1, -0.05) is 6.08 Å². The van der Waals surface area contributed by atoms with E-state index in [0.717, 1.165) is 32.7 Å². The Kier molecular flexibility index (Phi) is 3.75. The Morgan fingerprint density at radius 2 is 2.24 bits per heavy atom. The normalized spacial score (nSPS) is 17.1. The zero-order chi connectivity index (χ0) is 12.3. The number of carbonyl (C=O) groups excluding carboxylic acids is 1. The molecule has 1 saturated heterocycles. The molecule has 5 nitrogen and oxygen atoms in total. The van der Waals surface area contributed by atoms with Gasteiger partial charge in [0.05, 0.1) is 0 Å². The van der Waals surface area contributed by atoms with Crippen LogP contribution < -0.4 is 5.73 Å². The first-order valence-corrected chi connectivity index (χ1v) is 6.42. The summed E-state index contributed by atoms with van der Waals surface area (Å²) >= 11 is 1.30. The van der Waals surface area contributed by atoms with E-state index in [9.17, 15) is 4.79 Å². The number of nitrogens with zero attached hydrogens (tertiary/aromatic N) is 3. The summed E-state index contributed by atoms with van der Waals surface area (Å²) < 4.78 is 0. The first-order chi connectivity index (χ1) is 8.20. The molecule has 92 valence electrons. The molecule has 0 aliphatic carbocycles. The number of anilines is 1. The third-order valence-electron chi connectivity index (χ3n) is 2.79. The van der Waals surface area contributed by atoms with E-state index in [0.29, 0.717) is 10.8 Å². The second-order valence-corrected chi connectivity index (χ2v) is 4.84. The topological polar surface area (TPSA) is 62.5 Å². The van der Waals surface area contributed by atoms with Gasteiger partial charge in [0.2, 0.25) is 0 Å². The third kappa shape index (κ3) is 2.83. The van der Waals surface area contributed by atoms with Crippen LogP contribution in [0.2, 0.25) is 0 Å². The lowest BCUT2D eigenvalue weighted by Crippen LogP contribution is -2.48. The molecule has 1 fully saturated rings. The minimum absolute atomic E-state index is 0.0174. The van der Waals surface area contributed by atoms with Crippen molar-refractivity contribution < 1.29 is 4.79 Å². The van der Waals surface area contributed by atoms with Gasteiger partial charge in [-0.15, -0.1) is 17.9 Å². The lowest BCUT2D eigenvalue weighted by atomic mass is 10.3. The summed E-state index contributed by atoms with van der Waals surface area (Å²) in [6.45, 7) is 7.85. The largest absolute Gasteiger partial charge is 0.375 e. The highest BCUT2D eigenvalue weighted by Gasteiger charge is 2.22. The number of hydrogen-bond donors (Lipinski definition) is 1. The van der Waals surface area contributed by atoms with E-state index in [1.165, 1.54) is 11.3 Å². The quantitative estimate of drug-likeness (QED) is 0.803. The van der Waals surface area contributed by atoms with Gasteiger partial charge in [0.1, 0.15) is 5.69 Å². The van der Waals surface area contributed by atoms with Crippen LogP contribution in [0.25, 0.3) is 0 Å². The summed E-state index contributed by atoms with van der Waals surface area (Å²) in [7, 11) is 0. The van der Waals surface area contributed by atoms with E-state index < -0.39 is 0 Å². The summed E-state index contributed by atoms with van der Waals surface area (Å²) in [6, 6.07) is 0. The molecule has 0 aromatic carbocycles. The first kappa shape index (κ1) is 12.1. The summed E-state index contributed by atoms with van der Waals surface area (Å²) in [4.78, 5) is 20.2. The SMILES string of the molecule is C=CCN1CCN(C(=O)c2csc(N)n2)CC1. The van der Waals surface area contributed by atoms with Crippen LogP contribution in [0, 0.1) is 0 Å². The maximum Gasteiger partial charge on any atom is 0.273 e. The molecule has 1 aromatic heterocycles. The van der Waals surface area contributed by atoms with Crippen LogP contribution in [-0.2, 0) is 0 Å². The number of hydrogen-bond acceptors (Lipinski definition) is 5. The molecule has 2 rings (SSSR count). The summed E-state index contributed by atoms with van der Waals surface area (Å²) in [6.07, 6.45) is 1.89. The molecular weight excluding hydrogens is 236 g/mol. The van der Waals surface area contributed by atoms with Crippen molar-refractivity contribution >= 4 is 22.4 Å². The number of amides is 1. The number of piperazine rings is 1. The fourth-order valence-electron chi connectivity index (χ4n) is 1.86. The Morgan fingerprint density at radius 1 is 1.53 bits per heavy atom. The molecule has 0 atom stereocenters. The molecule has 1 aliphatic heterocycles. The summed E-state index contributed by atoms with van der Waals surface area (Å²) in [5, 5.41) is 2.16. The molecule has 1 aromatic rings. The Hall–Kier alpha value is -1.40. The highest BCUT2D eigenvalue weighted by molar-refractivity contribution is 7.13. The van der Waals surface area contributed by atoms with E-state index >= 15 is 0 Å². The maximum atomic E-state index is 12.1. The average Bonchev–Trinajstić information content (AvgIpc) is 2.76. The Morgan fingerprint density at radius 3 is 2.76 bits per heavy atom. The van der Waals surface area contributed by atoms with Crippen molar-refractivity contribution in [1.82, 2.24) is 14.8 Å². The summed E-state index contributed by atoms with van der Waals surface area (Å²) in [5.74, 6) is -0.0174. The first-order valence-electron chi connectivity index (χ1n) is 5.54. The van der Waals surface area contributed by atoms with Crippen LogP contribution in [0.4, 0.5) is 5.13 Å². The molecule has 0 saturated carbocycles. The van der Waals surface area contributed by atoms with Gasteiger partial charge in [0, 0.05) is 38.1 Å². The van der Waals surface area contributed by atoms with Gasteiger partial charge in [-0.25, -0.2) is 4.98 Å². The molecule has 1 aliphatic rings. The number of nitrogen functional groups attached to an aromatic ring is 1. The van der Waals surface area contributed by atoms with Gasteiger partial charge in [-0.3, -0.25) is 9.69 Å². The Labute approximate surface area is 105 Å². The van der Waals surface area contributed by atoms with Gasteiger partial charge in [-0.05, 0) is 0 Å². The predicted octanol–water partition coefficient (Wildman–Crippen LogP) is 0.669. The molecule has 6 heteroatoms. The highest BCUT2D eigenvalue weighted by Crippen LogP contribution is 2.14. The fourth-order valence-corrected chi connectivity index (χ4v) is 2.40.